The Kier molecular flexibility index (Phi) is 4.70. The zero-order valence-corrected chi connectivity index (χ0v) is 11.5. The van der Waals surface area contributed by atoms with Gasteiger partial charge in [0.25, 0.3) is 0 Å². The second-order valence-corrected chi connectivity index (χ2v) is 4.57. The number of nitrogens with zero attached hydrogens (tertiary/aromatic N) is 2. The molecule has 1 heterocycles. The SMILES string of the molecule is Cc1cc(C#N)ccc1COc1ccc(CCN)nc1. The fraction of sp³-hybridized carbons (Fsp3) is 0.250. The van der Waals surface area contributed by atoms with Crippen molar-refractivity contribution in [3.8, 4) is 11.8 Å². The van der Waals surface area contributed by atoms with Gasteiger partial charge in [-0.3, -0.25) is 4.98 Å². The van der Waals surface area contributed by atoms with Gasteiger partial charge in [0.1, 0.15) is 12.4 Å². The molecular weight excluding hydrogens is 250 g/mol. The van der Waals surface area contributed by atoms with E-state index in [-0.39, 0.29) is 0 Å². The van der Waals surface area contributed by atoms with Crippen molar-refractivity contribution < 1.29 is 4.74 Å². The highest BCUT2D eigenvalue weighted by Gasteiger charge is 2.02. The summed E-state index contributed by atoms with van der Waals surface area (Å²) >= 11 is 0. The van der Waals surface area contributed by atoms with Crippen molar-refractivity contribution in [3.63, 3.8) is 0 Å². The molecule has 0 aliphatic carbocycles. The Labute approximate surface area is 118 Å². The number of benzene rings is 1. The van der Waals surface area contributed by atoms with Crippen molar-refractivity contribution in [3.05, 3.63) is 58.9 Å². The van der Waals surface area contributed by atoms with Crippen LogP contribution in [0.3, 0.4) is 0 Å². The highest BCUT2D eigenvalue weighted by molar-refractivity contribution is 5.37. The average Bonchev–Trinajstić information content (AvgIpc) is 2.48. The molecule has 0 fully saturated rings. The number of aromatic nitrogens is 1. The van der Waals surface area contributed by atoms with Crippen LogP contribution in [-0.4, -0.2) is 11.5 Å². The number of pyridine rings is 1. The molecule has 0 spiro atoms. The minimum Gasteiger partial charge on any atom is -0.487 e. The summed E-state index contributed by atoms with van der Waals surface area (Å²) in [6.45, 7) is 3.04. The van der Waals surface area contributed by atoms with Crippen LogP contribution in [0.5, 0.6) is 5.75 Å². The van der Waals surface area contributed by atoms with Crippen molar-refractivity contribution >= 4 is 0 Å². The van der Waals surface area contributed by atoms with Crippen LogP contribution >= 0.6 is 0 Å². The van der Waals surface area contributed by atoms with E-state index in [1.165, 1.54) is 0 Å². The standard InChI is InChI=1S/C16H17N3O/c1-12-8-13(9-18)2-3-14(12)11-20-16-5-4-15(6-7-17)19-10-16/h2-5,8,10H,6-7,11,17H2,1H3. The molecule has 2 N–H and O–H groups in total. The zero-order chi connectivity index (χ0) is 14.4. The highest BCUT2D eigenvalue weighted by Crippen LogP contribution is 2.15. The van der Waals surface area contributed by atoms with Gasteiger partial charge in [-0.1, -0.05) is 6.07 Å². The van der Waals surface area contributed by atoms with E-state index in [0.29, 0.717) is 18.7 Å². The minimum absolute atomic E-state index is 0.468. The van der Waals surface area contributed by atoms with E-state index >= 15 is 0 Å². The minimum atomic E-state index is 0.468. The maximum atomic E-state index is 8.83. The molecule has 0 aliphatic rings. The van der Waals surface area contributed by atoms with Crippen molar-refractivity contribution in [1.82, 2.24) is 4.98 Å². The van der Waals surface area contributed by atoms with E-state index in [1.807, 2.05) is 31.2 Å². The Hall–Kier alpha value is -2.38. The van der Waals surface area contributed by atoms with Gasteiger partial charge in [-0.2, -0.15) is 5.26 Å². The third kappa shape index (κ3) is 3.56. The quantitative estimate of drug-likeness (QED) is 0.902. The van der Waals surface area contributed by atoms with Crippen LogP contribution in [0.2, 0.25) is 0 Å². The third-order valence-corrected chi connectivity index (χ3v) is 3.06. The fourth-order valence-electron chi connectivity index (χ4n) is 1.88. The molecule has 0 unspecified atom stereocenters. The van der Waals surface area contributed by atoms with Gasteiger partial charge in [-0.15, -0.1) is 0 Å². The van der Waals surface area contributed by atoms with Gasteiger partial charge >= 0.3 is 0 Å². The summed E-state index contributed by atoms with van der Waals surface area (Å²) in [5.74, 6) is 0.731. The lowest BCUT2D eigenvalue weighted by molar-refractivity contribution is 0.304. The van der Waals surface area contributed by atoms with E-state index in [0.717, 1.165) is 29.0 Å². The second-order valence-electron chi connectivity index (χ2n) is 4.57. The molecule has 102 valence electrons. The molecule has 4 nitrogen and oxygen atoms in total. The summed E-state index contributed by atoms with van der Waals surface area (Å²) < 4.78 is 5.70. The predicted molar refractivity (Wildman–Crippen MR) is 77.2 cm³/mol. The van der Waals surface area contributed by atoms with Gasteiger partial charge in [-0.25, -0.2) is 0 Å². The molecule has 20 heavy (non-hydrogen) atoms. The van der Waals surface area contributed by atoms with Crippen LogP contribution in [-0.2, 0) is 13.0 Å². The normalized spacial score (nSPS) is 10.1. The van der Waals surface area contributed by atoms with Crippen molar-refractivity contribution in [2.24, 2.45) is 5.73 Å². The maximum Gasteiger partial charge on any atom is 0.138 e. The summed E-state index contributed by atoms with van der Waals surface area (Å²) in [4.78, 5) is 4.28. The van der Waals surface area contributed by atoms with Gasteiger partial charge in [0.15, 0.2) is 0 Å². The molecule has 0 saturated carbocycles. The smallest absolute Gasteiger partial charge is 0.138 e. The van der Waals surface area contributed by atoms with Gasteiger partial charge in [-0.05, 0) is 48.9 Å². The Balaban J connectivity index is 2.00. The lowest BCUT2D eigenvalue weighted by Gasteiger charge is -2.09. The number of hydrogen-bond donors (Lipinski definition) is 1. The van der Waals surface area contributed by atoms with Crippen molar-refractivity contribution in [1.29, 1.82) is 5.26 Å². The van der Waals surface area contributed by atoms with Crippen LogP contribution in [0.25, 0.3) is 0 Å². The lowest BCUT2D eigenvalue weighted by Crippen LogP contribution is -2.04. The number of nitriles is 1. The van der Waals surface area contributed by atoms with E-state index in [9.17, 15) is 0 Å². The number of ether oxygens (including phenoxy) is 1. The predicted octanol–water partition coefficient (Wildman–Crippen LogP) is 2.34. The molecule has 2 rings (SSSR count). The molecule has 0 bridgehead atoms. The highest BCUT2D eigenvalue weighted by atomic mass is 16.5. The Morgan fingerprint density at radius 3 is 2.75 bits per heavy atom. The number of rotatable bonds is 5. The third-order valence-electron chi connectivity index (χ3n) is 3.06. The summed E-state index contributed by atoms with van der Waals surface area (Å²) in [6, 6.07) is 11.5. The topological polar surface area (TPSA) is 71.9 Å². The Bertz CT molecular complexity index is 615. The van der Waals surface area contributed by atoms with Crippen LogP contribution in [0.4, 0.5) is 0 Å². The first-order chi connectivity index (χ1) is 9.72. The van der Waals surface area contributed by atoms with Crippen LogP contribution in [0.1, 0.15) is 22.4 Å². The largest absolute Gasteiger partial charge is 0.487 e. The summed E-state index contributed by atoms with van der Waals surface area (Å²) in [5, 5.41) is 8.83. The molecule has 0 radical (unpaired) electrons. The van der Waals surface area contributed by atoms with E-state index in [2.05, 4.69) is 11.1 Å². The van der Waals surface area contributed by atoms with Crippen molar-refractivity contribution in [2.45, 2.75) is 20.0 Å². The molecule has 1 aromatic heterocycles. The monoisotopic (exact) mass is 267 g/mol. The number of aryl methyl sites for hydroxylation is 1. The van der Waals surface area contributed by atoms with Crippen LogP contribution in [0.15, 0.2) is 36.5 Å². The van der Waals surface area contributed by atoms with E-state index < -0.39 is 0 Å². The Morgan fingerprint density at radius 1 is 1.30 bits per heavy atom. The molecule has 1 aromatic carbocycles. The first-order valence-corrected chi connectivity index (χ1v) is 6.50. The first kappa shape index (κ1) is 14.0. The van der Waals surface area contributed by atoms with Crippen LogP contribution < -0.4 is 10.5 Å². The van der Waals surface area contributed by atoms with E-state index in [4.69, 9.17) is 15.7 Å². The average molecular weight is 267 g/mol. The maximum absolute atomic E-state index is 8.83. The first-order valence-electron chi connectivity index (χ1n) is 6.50. The summed E-state index contributed by atoms with van der Waals surface area (Å²) in [5.41, 5.74) is 9.23. The van der Waals surface area contributed by atoms with Crippen molar-refractivity contribution in [2.75, 3.05) is 6.54 Å². The molecule has 2 aromatic rings. The van der Waals surface area contributed by atoms with Gasteiger partial charge in [0.05, 0.1) is 17.8 Å². The second kappa shape index (κ2) is 6.69. The Morgan fingerprint density at radius 2 is 2.15 bits per heavy atom. The molecule has 0 amide bonds. The van der Waals surface area contributed by atoms with Crippen LogP contribution in [0, 0.1) is 18.3 Å². The van der Waals surface area contributed by atoms with Gasteiger partial charge < -0.3 is 10.5 Å². The molecule has 4 heteroatoms. The molecular formula is C16H17N3O. The summed E-state index contributed by atoms with van der Waals surface area (Å²) in [7, 11) is 0. The fourth-order valence-corrected chi connectivity index (χ4v) is 1.88. The van der Waals surface area contributed by atoms with Gasteiger partial charge in [0, 0.05) is 12.1 Å². The number of hydrogen-bond acceptors (Lipinski definition) is 4. The van der Waals surface area contributed by atoms with E-state index in [1.54, 1.807) is 12.3 Å². The zero-order valence-electron chi connectivity index (χ0n) is 11.5. The molecule has 0 saturated heterocycles. The lowest BCUT2D eigenvalue weighted by atomic mass is 10.1. The molecule has 0 aliphatic heterocycles. The molecule has 0 atom stereocenters. The van der Waals surface area contributed by atoms with Gasteiger partial charge in [0.2, 0.25) is 0 Å². The summed E-state index contributed by atoms with van der Waals surface area (Å²) in [6.07, 6.45) is 2.49. The number of nitrogens with two attached hydrogens (primary N) is 1.